The second-order valence-electron chi connectivity index (χ2n) is 7.04. The van der Waals surface area contributed by atoms with E-state index in [1.165, 1.54) is 17.0 Å². The Morgan fingerprint density at radius 2 is 1.96 bits per heavy atom. The van der Waals surface area contributed by atoms with E-state index in [2.05, 4.69) is 19.2 Å². The predicted molar refractivity (Wildman–Crippen MR) is 114 cm³/mol. The van der Waals surface area contributed by atoms with Gasteiger partial charge in [-0.1, -0.05) is 50.8 Å². The molecule has 27 heavy (non-hydrogen) atoms. The molecule has 1 amide bonds. The second-order valence-corrected chi connectivity index (χ2v) is 9.36. The molecule has 1 aromatic rings. The summed E-state index contributed by atoms with van der Waals surface area (Å²) in [6, 6.07) is 5.20. The molecule has 1 atom stereocenters. The number of unbranched alkanes of at least 4 members (excludes halogenated alkanes) is 1. The van der Waals surface area contributed by atoms with Crippen molar-refractivity contribution in [3.05, 3.63) is 28.8 Å². The van der Waals surface area contributed by atoms with Crippen LogP contribution >= 0.6 is 11.6 Å². The van der Waals surface area contributed by atoms with Crippen LogP contribution in [0.25, 0.3) is 0 Å². The van der Waals surface area contributed by atoms with Gasteiger partial charge in [0.2, 0.25) is 15.9 Å². The van der Waals surface area contributed by atoms with Crippen LogP contribution in [0.3, 0.4) is 0 Å². The molecule has 1 aromatic carbocycles. The highest BCUT2D eigenvalue weighted by atomic mass is 35.5. The normalized spacial score (nSPS) is 12.6. The Kier molecular flexibility index (Phi) is 10.2. The Morgan fingerprint density at radius 3 is 2.56 bits per heavy atom. The van der Waals surface area contributed by atoms with Crippen molar-refractivity contribution in [1.29, 1.82) is 0 Å². The fourth-order valence-electron chi connectivity index (χ4n) is 3.00. The van der Waals surface area contributed by atoms with Gasteiger partial charge in [-0.05, 0) is 43.4 Å². The van der Waals surface area contributed by atoms with Crippen molar-refractivity contribution in [1.82, 2.24) is 5.32 Å². The van der Waals surface area contributed by atoms with Gasteiger partial charge in [-0.15, -0.1) is 0 Å². The summed E-state index contributed by atoms with van der Waals surface area (Å²) in [6.07, 6.45) is 6.45. The molecule has 0 heterocycles. The summed E-state index contributed by atoms with van der Waals surface area (Å²) in [5.74, 6) is 0.483. The molecule has 0 aromatic heterocycles. The van der Waals surface area contributed by atoms with E-state index in [1.807, 2.05) is 0 Å². The molecule has 0 bridgehead atoms. The van der Waals surface area contributed by atoms with E-state index in [-0.39, 0.29) is 12.5 Å². The van der Waals surface area contributed by atoms with E-state index in [0.717, 1.165) is 24.8 Å². The maximum Gasteiger partial charge on any atom is 0.232 e. The van der Waals surface area contributed by atoms with Gasteiger partial charge < -0.3 is 5.32 Å². The average Bonchev–Trinajstić information content (AvgIpc) is 2.61. The van der Waals surface area contributed by atoms with Crippen LogP contribution in [0, 0.1) is 12.8 Å². The zero-order valence-corrected chi connectivity index (χ0v) is 18.5. The van der Waals surface area contributed by atoms with Crippen molar-refractivity contribution < 1.29 is 13.2 Å². The Labute approximate surface area is 169 Å². The molecule has 0 aliphatic carbocycles. The largest absolute Gasteiger partial charge is 0.356 e. The first-order valence-corrected chi connectivity index (χ1v) is 11.9. The van der Waals surface area contributed by atoms with Crippen molar-refractivity contribution >= 4 is 33.2 Å². The van der Waals surface area contributed by atoms with Crippen molar-refractivity contribution in [2.24, 2.45) is 5.92 Å². The van der Waals surface area contributed by atoms with Crippen LogP contribution in [-0.4, -0.2) is 33.7 Å². The Morgan fingerprint density at radius 1 is 1.26 bits per heavy atom. The van der Waals surface area contributed by atoms with Crippen molar-refractivity contribution in [2.45, 2.75) is 59.3 Å². The molecule has 1 N–H and O–H groups in total. The molecule has 1 unspecified atom stereocenters. The number of anilines is 1. The summed E-state index contributed by atoms with van der Waals surface area (Å²) in [7, 11) is -3.45. The molecular weight excluding hydrogens is 384 g/mol. The van der Waals surface area contributed by atoms with Crippen LogP contribution in [0.1, 0.15) is 57.9 Å². The first-order valence-electron chi connectivity index (χ1n) is 9.70. The quantitative estimate of drug-likeness (QED) is 0.544. The monoisotopic (exact) mass is 416 g/mol. The number of nitrogens with one attached hydrogen (secondary N) is 1. The number of rotatable bonds is 12. The molecule has 0 aliphatic rings. The van der Waals surface area contributed by atoms with Gasteiger partial charge in [-0.25, -0.2) is 8.42 Å². The van der Waals surface area contributed by atoms with Gasteiger partial charge in [0.1, 0.15) is 0 Å². The number of hydrogen-bond donors (Lipinski definition) is 1. The van der Waals surface area contributed by atoms with E-state index in [1.54, 1.807) is 25.1 Å². The summed E-state index contributed by atoms with van der Waals surface area (Å²) in [4.78, 5) is 12.1. The summed E-state index contributed by atoms with van der Waals surface area (Å²) in [6.45, 7) is 7.05. The molecule has 0 saturated heterocycles. The smallest absolute Gasteiger partial charge is 0.232 e. The maximum atomic E-state index is 12.2. The number of hydrogen-bond acceptors (Lipinski definition) is 3. The van der Waals surface area contributed by atoms with Gasteiger partial charge in [0.15, 0.2) is 0 Å². The highest BCUT2D eigenvalue weighted by Gasteiger charge is 2.20. The van der Waals surface area contributed by atoms with E-state index in [0.29, 0.717) is 36.0 Å². The van der Waals surface area contributed by atoms with Crippen molar-refractivity contribution in [3.63, 3.8) is 0 Å². The lowest BCUT2D eigenvalue weighted by Crippen LogP contribution is -2.33. The third-order valence-corrected chi connectivity index (χ3v) is 6.39. The zero-order valence-electron chi connectivity index (χ0n) is 16.9. The van der Waals surface area contributed by atoms with E-state index in [4.69, 9.17) is 11.6 Å². The SMILES string of the molecule is CCCCC(CC)CNC(=O)CCCN(c1cccc(Cl)c1C)S(C)(=O)=O. The molecule has 7 heteroatoms. The number of carbonyl (C=O) groups excluding carboxylic acids is 1. The third-order valence-electron chi connectivity index (χ3n) is 4.80. The van der Waals surface area contributed by atoms with Crippen LogP contribution < -0.4 is 9.62 Å². The summed E-state index contributed by atoms with van der Waals surface area (Å²) in [5.41, 5.74) is 1.28. The number of benzene rings is 1. The van der Waals surface area contributed by atoms with Gasteiger partial charge >= 0.3 is 0 Å². The average molecular weight is 417 g/mol. The number of nitrogens with zero attached hydrogens (tertiary/aromatic N) is 1. The molecule has 5 nitrogen and oxygen atoms in total. The minimum Gasteiger partial charge on any atom is -0.356 e. The molecule has 0 fully saturated rings. The first-order chi connectivity index (χ1) is 12.7. The minimum absolute atomic E-state index is 0.0267. The van der Waals surface area contributed by atoms with E-state index >= 15 is 0 Å². The van der Waals surface area contributed by atoms with Gasteiger partial charge in [0, 0.05) is 24.5 Å². The van der Waals surface area contributed by atoms with Gasteiger partial charge in [-0.3, -0.25) is 9.10 Å². The number of sulfonamides is 1. The first kappa shape index (κ1) is 23.8. The van der Waals surface area contributed by atoms with Gasteiger partial charge in [0.05, 0.1) is 11.9 Å². The fourth-order valence-corrected chi connectivity index (χ4v) is 4.19. The van der Waals surface area contributed by atoms with Gasteiger partial charge in [0.25, 0.3) is 0 Å². The van der Waals surface area contributed by atoms with Crippen LogP contribution in [0.15, 0.2) is 18.2 Å². The Bertz CT molecular complexity index is 707. The molecule has 0 radical (unpaired) electrons. The molecule has 1 rings (SSSR count). The molecule has 0 aliphatic heterocycles. The Hall–Kier alpha value is -1.27. The highest BCUT2D eigenvalue weighted by Crippen LogP contribution is 2.28. The zero-order chi connectivity index (χ0) is 20.4. The lowest BCUT2D eigenvalue weighted by molar-refractivity contribution is -0.121. The molecule has 154 valence electrons. The van der Waals surface area contributed by atoms with Gasteiger partial charge in [-0.2, -0.15) is 0 Å². The topological polar surface area (TPSA) is 66.5 Å². The second kappa shape index (κ2) is 11.5. The fraction of sp³-hybridized carbons (Fsp3) is 0.650. The van der Waals surface area contributed by atoms with Crippen LogP contribution in [0.5, 0.6) is 0 Å². The molecule has 0 spiro atoms. The summed E-state index contributed by atoms with van der Waals surface area (Å²) >= 11 is 6.13. The summed E-state index contributed by atoms with van der Waals surface area (Å²) < 4.78 is 25.7. The van der Waals surface area contributed by atoms with Crippen LogP contribution in [-0.2, 0) is 14.8 Å². The minimum atomic E-state index is -3.45. The Balaban J connectivity index is 2.60. The lowest BCUT2D eigenvalue weighted by atomic mass is 9.99. The number of halogens is 1. The predicted octanol–water partition coefficient (Wildman–Crippen LogP) is 4.53. The van der Waals surface area contributed by atoms with Crippen LogP contribution in [0.4, 0.5) is 5.69 Å². The maximum absolute atomic E-state index is 12.2. The molecule has 0 saturated carbocycles. The highest BCUT2D eigenvalue weighted by molar-refractivity contribution is 7.92. The van der Waals surface area contributed by atoms with Crippen molar-refractivity contribution in [2.75, 3.05) is 23.7 Å². The van der Waals surface area contributed by atoms with Crippen LogP contribution in [0.2, 0.25) is 5.02 Å². The van der Waals surface area contributed by atoms with E-state index < -0.39 is 10.0 Å². The third kappa shape index (κ3) is 8.09. The lowest BCUT2D eigenvalue weighted by Gasteiger charge is -2.24. The number of carbonyl (C=O) groups is 1. The van der Waals surface area contributed by atoms with E-state index in [9.17, 15) is 13.2 Å². The van der Waals surface area contributed by atoms with Crippen molar-refractivity contribution in [3.8, 4) is 0 Å². The standard InChI is InChI=1S/C20H33ClN2O3S/c1-5-7-10-17(6-2)15-22-20(24)13-9-14-23(27(4,25)26)19-12-8-11-18(21)16(19)3/h8,11-12,17H,5-7,9-10,13-15H2,1-4H3,(H,22,24). The summed E-state index contributed by atoms with van der Waals surface area (Å²) in [5, 5.41) is 3.51. The molecular formula is C20H33ClN2O3S. The number of amides is 1.